The lowest BCUT2D eigenvalue weighted by atomic mass is 10.5. The Morgan fingerprint density at radius 1 is 1.56 bits per heavy atom. The summed E-state index contributed by atoms with van der Waals surface area (Å²) in [6.45, 7) is 0. The third-order valence-corrected chi connectivity index (χ3v) is 1.67. The quantitative estimate of drug-likeness (QED) is 0.648. The summed E-state index contributed by atoms with van der Waals surface area (Å²) in [5.41, 5.74) is -0.206. The predicted molar refractivity (Wildman–Crippen MR) is 39.8 cm³/mol. The van der Waals surface area contributed by atoms with Gasteiger partial charge in [-0.2, -0.15) is 0 Å². The van der Waals surface area contributed by atoms with E-state index in [9.17, 15) is 4.79 Å². The monoisotopic (exact) mass is 207 g/mol. The summed E-state index contributed by atoms with van der Waals surface area (Å²) in [7, 11) is 0. The number of aromatic amines is 1. The summed E-state index contributed by atoms with van der Waals surface area (Å²) in [5.74, 6) is 0. The van der Waals surface area contributed by atoms with E-state index in [1.54, 1.807) is 12.1 Å². The molecule has 0 unspecified atom stereocenters. The lowest BCUT2D eigenvalue weighted by molar-refractivity contribution is 1.22. The molecule has 1 aromatic heterocycles. The molecule has 2 nitrogen and oxygen atoms in total. The van der Waals surface area contributed by atoms with Crippen molar-refractivity contribution in [3.63, 3.8) is 0 Å². The van der Waals surface area contributed by atoms with Gasteiger partial charge in [0.2, 0.25) is 0 Å². The highest BCUT2D eigenvalue weighted by atomic mass is 79.9. The Bertz CT molecular complexity index is 270. The SMILES string of the molecule is O=c1[nH]c(Cl)ccc1Br. The van der Waals surface area contributed by atoms with Crippen molar-refractivity contribution >= 4 is 27.5 Å². The van der Waals surface area contributed by atoms with E-state index >= 15 is 0 Å². The molecule has 4 heteroatoms. The smallest absolute Gasteiger partial charge is 0.263 e. The van der Waals surface area contributed by atoms with Crippen LogP contribution in [-0.4, -0.2) is 4.98 Å². The van der Waals surface area contributed by atoms with Gasteiger partial charge in [0.15, 0.2) is 0 Å². The van der Waals surface area contributed by atoms with Crippen LogP contribution in [0.2, 0.25) is 5.15 Å². The number of hydrogen-bond acceptors (Lipinski definition) is 1. The first-order chi connectivity index (χ1) is 4.20. The second-order valence-electron chi connectivity index (χ2n) is 1.48. The molecule has 0 radical (unpaired) electrons. The Hall–Kier alpha value is -0.280. The van der Waals surface area contributed by atoms with Crippen molar-refractivity contribution in [2.45, 2.75) is 0 Å². The van der Waals surface area contributed by atoms with Crippen LogP contribution in [0.5, 0.6) is 0 Å². The van der Waals surface area contributed by atoms with Crippen molar-refractivity contribution in [2.75, 3.05) is 0 Å². The Balaban J connectivity index is 3.34. The molecule has 0 saturated carbocycles. The zero-order valence-electron chi connectivity index (χ0n) is 4.32. The molecule has 1 N–H and O–H groups in total. The lowest BCUT2D eigenvalue weighted by Gasteiger charge is -1.87. The van der Waals surface area contributed by atoms with Crippen molar-refractivity contribution in [3.05, 3.63) is 32.1 Å². The standard InChI is InChI=1S/C5H3BrClNO/c6-3-1-2-4(7)8-5(3)9/h1-2H,(H,8,9). The van der Waals surface area contributed by atoms with Gasteiger partial charge in [0.25, 0.3) is 5.56 Å². The largest absolute Gasteiger partial charge is 0.312 e. The van der Waals surface area contributed by atoms with E-state index in [-0.39, 0.29) is 5.56 Å². The zero-order valence-corrected chi connectivity index (χ0v) is 6.66. The molecule has 0 aromatic carbocycles. The molecule has 9 heavy (non-hydrogen) atoms. The van der Waals surface area contributed by atoms with Crippen LogP contribution in [0.15, 0.2) is 21.4 Å². The van der Waals surface area contributed by atoms with Crippen molar-refractivity contribution < 1.29 is 0 Å². The Labute approximate surface area is 65.0 Å². The van der Waals surface area contributed by atoms with E-state index in [0.717, 1.165) is 0 Å². The van der Waals surface area contributed by atoms with Crippen LogP contribution < -0.4 is 5.56 Å². The second kappa shape index (κ2) is 2.54. The van der Waals surface area contributed by atoms with Crippen LogP contribution in [0, 0.1) is 0 Å². The van der Waals surface area contributed by atoms with Crippen molar-refractivity contribution in [2.24, 2.45) is 0 Å². The van der Waals surface area contributed by atoms with Crippen LogP contribution in [-0.2, 0) is 0 Å². The fraction of sp³-hybridized carbons (Fsp3) is 0. The zero-order chi connectivity index (χ0) is 6.85. The molecule has 1 rings (SSSR count). The molecule has 0 spiro atoms. The predicted octanol–water partition coefficient (Wildman–Crippen LogP) is 1.79. The van der Waals surface area contributed by atoms with E-state index < -0.39 is 0 Å². The fourth-order valence-electron chi connectivity index (χ4n) is 0.432. The Kier molecular flexibility index (Phi) is 1.93. The van der Waals surface area contributed by atoms with E-state index in [1.807, 2.05) is 0 Å². The number of nitrogens with one attached hydrogen (secondary N) is 1. The van der Waals surface area contributed by atoms with Gasteiger partial charge in [-0.05, 0) is 28.1 Å². The van der Waals surface area contributed by atoms with Crippen molar-refractivity contribution in [1.82, 2.24) is 4.98 Å². The van der Waals surface area contributed by atoms with Crippen LogP contribution in [0.3, 0.4) is 0 Å². The Morgan fingerprint density at radius 2 is 2.22 bits per heavy atom. The summed E-state index contributed by atoms with van der Waals surface area (Å²) in [4.78, 5) is 13.1. The van der Waals surface area contributed by atoms with Gasteiger partial charge in [-0.25, -0.2) is 0 Å². The molecule has 0 bridgehead atoms. The van der Waals surface area contributed by atoms with E-state index in [2.05, 4.69) is 20.9 Å². The molecular formula is C5H3BrClNO. The molecule has 1 aromatic rings. The van der Waals surface area contributed by atoms with Gasteiger partial charge in [-0.1, -0.05) is 11.6 Å². The molecule has 1 heterocycles. The molecular weight excluding hydrogens is 205 g/mol. The van der Waals surface area contributed by atoms with E-state index in [1.165, 1.54) is 0 Å². The number of aromatic nitrogens is 1. The maximum Gasteiger partial charge on any atom is 0.263 e. The van der Waals surface area contributed by atoms with Crippen LogP contribution in [0.25, 0.3) is 0 Å². The number of rotatable bonds is 0. The fourth-order valence-corrected chi connectivity index (χ4v) is 0.812. The molecule has 0 atom stereocenters. The summed E-state index contributed by atoms with van der Waals surface area (Å²) in [5, 5.41) is 0.350. The molecule has 48 valence electrons. The summed E-state index contributed by atoms with van der Waals surface area (Å²) < 4.78 is 0.493. The number of H-pyrrole nitrogens is 1. The first-order valence-corrected chi connectivity index (χ1v) is 3.41. The Morgan fingerprint density at radius 3 is 2.67 bits per heavy atom. The second-order valence-corrected chi connectivity index (χ2v) is 2.74. The van der Waals surface area contributed by atoms with Gasteiger partial charge >= 0.3 is 0 Å². The van der Waals surface area contributed by atoms with Gasteiger partial charge in [-0.3, -0.25) is 4.79 Å². The van der Waals surface area contributed by atoms with Crippen LogP contribution >= 0.6 is 27.5 Å². The van der Waals surface area contributed by atoms with Crippen LogP contribution in [0.4, 0.5) is 0 Å². The minimum Gasteiger partial charge on any atom is -0.312 e. The average Bonchev–Trinajstić information content (AvgIpc) is 1.80. The molecule has 0 aliphatic carbocycles. The van der Waals surface area contributed by atoms with Crippen molar-refractivity contribution in [1.29, 1.82) is 0 Å². The summed E-state index contributed by atoms with van der Waals surface area (Å²) >= 11 is 8.47. The van der Waals surface area contributed by atoms with Gasteiger partial charge in [0.1, 0.15) is 5.15 Å². The maximum atomic E-state index is 10.7. The van der Waals surface area contributed by atoms with Crippen molar-refractivity contribution in [3.8, 4) is 0 Å². The first kappa shape index (κ1) is 6.83. The molecule has 0 aliphatic heterocycles. The van der Waals surface area contributed by atoms with Gasteiger partial charge in [0, 0.05) is 0 Å². The minimum atomic E-state index is -0.206. The lowest BCUT2D eigenvalue weighted by Crippen LogP contribution is -2.04. The number of pyridine rings is 1. The first-order valence-electron chi connectivity index (χ1n) is 2.24. The van der Waals surface area contributed by atoms with E-state index in [0.29, 0.717) is 9.63 Å². The van der Waals surface area contributed by atoms with E-state index in [4.69, 9.17) is 11.6 Å². The summed E-state index contributed by atoms with van der Waals surface area (Å²) in [6.07, 6.45) is 0. The topological polar surface area (TPSA) is 32.9 Å². The highest BCUT2D eigenvalue weighted by Crippen LogP contribution is 2.04. The number of halogens is 2. The third kappa shape index (κ3) is 1.56. The van der Waals surface area contributed by atoms with Crippen LogP contribution in [0.1, 0.15) is 0 Å². The van der Waals surface area contributed by atoms with Gasteiger partial charge < -0.3 is 4.98 Å². The molecule has 0 aliphatic rings. The van der Waals surface area contributed by atoms with Gasteiger partial charge in [-0.15, -0.1) is 0 Å². The number of hydrogen-bond donors (Lipinski definition) is 1. The molecule has 0 saturated heterocycles. The molecule has 0 amide bonds. The summed E-state index contributed by atoms with van der Waals surface area (Å²) in [6, 6.07) is 3.20. The highest BCUT2D eigenvalue weighted by molar-refractivity contribution is 9.10. The minimum absolute atomic E-state index is 0.206. The highest BCUT2D eigenvalue weighted by Gasteiger charge is 1.92. The average molecular weight is 208 g/mol. The third-order valence-electron chi connectivity index (χ3n) is 0.826. The maximum absolute atomic E-state index is 10.7. The normalized spacial score (nSPS) is 9.56. The van der Waals surface area contributed by atoms with Gasteiger partial charge in [0.05, 0.1) is 4.47 Å². The molecule has 0 fully saturated rings.